The van der Waals surface area contributed by atoms with Gasteiger partial charge in [0, 0.05) is 90.3 Å². The number of fused-ring (bicyclic) bond motifs is 3. The zero-order valence-corrected chi connectivity index (χ0v) is 63.3. The number of anilines is 6. The number of pyridine rings is 3. The van der Waals surface area contributed by atoms with Gasteiger partial charge in [0.25, 0.3) is 34.8 Å². The van der Waals surface area contributed by atoms with Crippen molar-refractivity contribution in [3.8, 4) is 0 Å². The molecule has 578 valence electrons. The average molecular weight is 1560 g/mol. The maximum atomic E-state index is 13.6. The standard InChI is InChI=1S/C27H30F2N4O5S.C27H30F2N4O3S.C23H23F2N3O4S/c1-32-26(35)24-20(31-19-9-8-16(15-6-7-15)11-22(19)39(2,36)37)12-17(13-21(34)18-14-27(18,28)29)30-25(24)33(32)23-5-3-4-10-38-23;1-32-26(35)24-20(31-19-9-8-16(15-6-7-15)11-22(19)37-2)12-17(13-21(34)18-14-27(18,28)29)30-25(24)33(32)23-5-3-4-10-36-23;1-28-11-18-21(22(28)30)17(8-14(26-18)9-19(29)15-10-23(15,24)25)27-16-6-5-13(12-3-4-12)7-20(16)33(2,31)32/h8-9,11-12,15,18,23H,3-7,10,13-14H2,1-2H3,(H,30,31);8-9,11-12,15,18,23H,3-7,10,13-14H2,1-2H3,(H,30,31);5-8,12,15H,3-4,9-11H2,1-2H3,(H,26,27). The van der Waals surface area contributed by atoms with Crippen molar-refractivity contribution in [1.82, 2.24) is 38.6 Å². The molecule has 5 aromatic heterocycles. The summed E-state index contributed by atoms with van der Waals surface area (Å²) in [6.45, 7) is 1.32. The van der Waals surface area contributed by atoms with Crippen LogP contribution in [0.25, 0.3) is 22.1 Å². The number of ether oxygens (including phenoxy) is 2. The molecule has 8 fully saturated rings. The molecule has 6 aliphatic carbocycles. The Bertz CT molecular complexity index is 5450. The zero-order valence-electron chi connectivity index (χ0n) is 60.9. The topological polar surface area (TPSA) is 287 Å². The molecule has 23 nitrogen and oxygen atoms in total. The van der Waals surface area contributed by atoms with Gasteiger partial charge in [0.05, 0.1) is 96.6 Å². The number of thioether (sulfide) groups is 1. The second-order valence-electron chi connectivity index (χ2n) is 30.5. The van der Waals surface area contributed by atoms with E-state index in [2.05, 4.69) is 43.0 Å². The number of hydrogen-bond acceptors (Lipinski definition) is 19. The summed E-state index contributed by atoms with van der Waals surface area (Å²) in [5, 5.41) is 10.2. The lowest BCUT2D eigenvalue weighted by Crippen LogP contribution is -2.27. The number of aromatic nitrogens is 7. The summed E-state index contributed by atoms with van der Waals surface area (Å²) in [4.78, 5) is 93.6. The summed E-state index contributed by atoms with van der Waals surface area (Å²) in [7, 11) is -2.33. The number of alkyl halides is 6. The number of nitrogens with one attached hydrogen (secondary N) is 3. The van der Waals surface area contributed by atoms with Crippen molar-refractivity contribution >= 4 is 111 Å². The molecule has 8 aromatic rings. The molecule has 5 atom stereocenters. The molecular weight excluding hydrogens is 1480 g/mol. The van der Waals surface area contributed by atoms with E-state index in [4.69, 9.17) is 9.47 Å². The van der Waals surface area contributed by atoms with E-state index < -0.39 is 98.0 Å². The van der Waals surface area contributed by atoms with Crippen LogP contribution in [0.4, 0.5) is 60.5 Å². The maximum absolute atomic E-state index is 13.6. The number of benzene rings is 3. The molecule has 109 heavy (non-hydrogen) atoms. The van der Waals surface area contributed by atoms with Crippen LogP contribution in [0.15, 0.2) is 97.1 Å². The zero-order chi connectivity index (χ0) is 77.3. The molecule has 3 aliphatic heterocycles. The van der Waals surface area contributed by atoms with Gasteiger partial charge < -0.3 is 30.3 Å². The molecule has 0 radical (unpaired) electrons. The van der Waals surface area contributed by atoms with Gasteiger partial charge in [0.2, 0.25) is 0 Å². The smallest absolute Gasteiger partial charge is 0.278 e. The lowest BCUT2D eigenvalue weighted by molar-refractivity contribution is -0.122. The normalized spacial score (nSPS) is 22.3. The summed E-state index contributed by atoms with van der Waals surface area (Å²) < 4.78 is 150. The summed E-state index contributed by atoms with van der Waals surface area (Å²) in [6, 6.07) is 21.3. The van der Waals surface area contributed by atoms with Gasteiger partial charge in [-0.2, -0.15) is 0 Å². The highest BCUT2D eigenvalue weighted by Crippen LogP contribution is 2.53. The summed E-state index contributed by atoms with van der Waals surface area (Å²) in [5.41, 5.74) is 7.30. The Labute approximate surface area is 628 Å². The Kier molecular flexibility index (Phi) is 19.8. The number of carbonyl (C=O) groups is 4. The Balaban J connectivity index is 0.000000131. The van der Waals surface area contributed by atoms with Crippen LogP contribution in [0.2, 0.25) is 0 Å². The predicted octanol–water partition coefficient (Wildman–Crippen LogP) is 13.2. The number of rotatable bonds is 23. The molecule has 0 spiro atoms. The van der Waals surface area contributed by atoms with E-state index in [0.717, 1.165) is 92.0 Å². The van der Waals surface area contributed by atoms with Crippen LogP contribution in [0.3, 0.4) is 0 Å². The number of nitrogens with zero attached hydrogens (tertiary/aromatic N) is 8. The summed E-state index contributed by atoms with van der Waals surface area (Å²) >= 11 is 1.62. The van der Waals surface area contributed by atoms with Gasteiger partial charge in [-0.25, -0.2) is 71.9 Å². The fourth-order valence-corrected chi connectivity index (χ4v) is 17.4. The summed E-state index contributed by atoms with van der Waals surface area (Å²) in [5.74, 6) is -13.5. The third-order valence-corrected chi connectivity index (χ3v) is 24.9. The van der Waals surface area contributed by atoms with Gasteiger partial charge in [0.1, 0.15) is 28.1 Å². The second kappa shape index (κ2) is 28.5. The number of halogens is 6. The van der Waals surface area contributed by atoms with Crippen LogP contribution in [-0.4, -0.2) is 135 Å². The molecule has 9 aliphatic rings. The van der Waals surface area contributed by atoms with Gasteiger partial charge in [-0.05, 0) is 172 Å². The Morgan fingerprint density at radius 3 is 1.24 bits per heavy atom. The van der Waals surface area contributed by atoms with Gasteiger partial charge in [0.15, 0.2) is 43.4 Å². The Hall–Kier alpha value is -8.72. The molecule has 17 rings (SSSR count). The Morgan fingerprint density at radius 1 is 0.505 bits per heavy atom. The lowest BCUT2D eigenvalue weighted by Gasteiger charge is -2.25. The van der Waals surface area contributed by atoms with Crippen LogP contribution in [0.1, 0.15) is 176 Å². The van der Waals surface area contributed by atoms with E-state index in [0.29, 0.717) is 76.9 Å². The van der Waals surface area contributed by atoms with Crippen LogP contribution in [0.5, 0.6) is 0 Å². The van der Waals surface area contributed by atoms with E-state index in [9.17, 15) is 71.9 Å². The number of ketones is 3. The molecule has 0 bridgehead atoms. The molecular formula is C77H83F6N11O12S3. The van der Waals surface area contributed by atoms with Crippen molar-refractivity contribution in [3.63, 3.8) is 0 Å². The molecule has 2 saturated heterocycles. The number of hydrogen-bond donors (Lipinski definition) is 3. The minimum Gasteiger partial charge on any atom is -0.357 e. The first-order chi connectivity index (χ1) is 51.6. The number of sulfone groups is 2. The fraction of sp³-hybridized carbons (Fsp3) is 0.494. The fourth-order valence-electron chi connectivity index (χ4n) is 15.0. The molecule has 3 aromatic carbocycles. The molecule has 6 saturated carbocycles. The highest BCUT2D eigenvalue weighted by Gasteiger charge is 2.62. The minimum atomic E-state index is -3.63. The van der Waals surface area contributed by atoms with Crippen LogP contribution < -0.4 is 27.1 Å². The van der Waals surface area contributed by atoms with Crippen molar-refractivity contribution in [2.45, 2.75) is 185 Å². The highest BCUT2D eigenvalue weighted by molar-refractivity contribution is 7.98. The third-order valence-electron chi connectivity index (χ3n) is 21.9. The maximum Gasteiger partial charge on any atom is 0.278 e. The SMILES string of the molecule is CN1Cc2nc(CC(=O)C3CC3(F)F)cc(Nc3ccc(C4CC4)cc3S(C)(=O)=O)c2C1=O.CSc1cc(C2CC2)ccc1Nc1cc(CC(=O)C2CC2(F)F)nc2c1c(=O)n(C)n2C1CCCCO1.Cn1c(=O)c2c(Nc3ccc(C4CC4)cc3S(C)(=O)=O)cc(CC(=O)C3CC3(F)F)nc2n1C1CCCCO1. The van der Waals surface area contributed by atoms with Crippen molar-refractivity contribution < 1.29 is 71.8 Å². The third kappa shape index (κ3) is 15.7. The Morgan fingerprint density at radius 2 is 0.872 bits per heavy atom. The summed E-state index contributed by atoms with van der Waals surface area (Å²) in [6.07, 6.45) is 12.8. The van der Waals surface area contributed by atoms with Crippen LogP contribution in [0, 0.1) is 17.8 Å². The van der Waals surface area contributed by atoms with E-state index in [1.807, 2.05) is 24.5 Å². The van der Waals surface area contributed by atoms with Gasteiger partial charge in [-0.3, -0.25) is 33.8 Å². The molecule has 8 heterocycles. The van der Waals surface area contributed by atoms with Crippen molar-refractivity contribution in [3.05, 3.63) is 139 Å². The highest BCUT2D eigenvalue weighted by atomic mass is 32.2. The van der Waals surface area contributed by atoms with Gasteiger partial charge in [-0.15, -0.1) is 11.8 Å². The molecule has 5 unspecified atom stereocenters. The van der Waals surface area contributed by atoms with E-state index in [-0.39, 0.29) is 98.2 Å². The quantitative estimate of drug-likeness (QED) is 0.0396. The average Bonchev–Trinajstić information content (AvgIpc) is 1.61. The van der Waals surface area contributed by atoms with E-state index >= 15 is 0 Å². The molecule has 1 amide bonds. The second-order valence-corrected chi connectivity index (χ2v) is 35.4. The van der Waals surface area contributed by atoms with Crippen LogP contribution in [-0.2, 0) is 83.4 Å². The largest absolute Gasteiger partial charge is 0.357 e. The van der Waals surface area contributed by atoms with E-state index in [1.54, 1.807) is 72.6 Å². The van der Waals surface area contributed by atoms with Crippen molar-refractivity contribution in [2.24, 2.45) is 31.8 Å². The first kappa shape index (κ1) is 75.7. The first-order valence-electron chi connectivity index (χ1n) is 36.8. The first-order valence-corrected chi connectivity index (χ1v) is 41.8. The number of Topliss-reactive ketones (excluding diaryl/α,β-unsaturated/α-hetero) is 3. The lowest BCUT2D eigenvalue weighted by atomic mass is 10.1. The predicted molar refractivity (Wildman–Crippen MR) is 396 cm³/mol. The van der Waals surface area contributed by atoms with Crippen LogP contribution >= 0.6 is 11.8 Å². The monoisotopic (exact) mass is 1560 g/mol. The van der Waals surface area contributed by atoms with Crippen molar-refractivity contribution in [2.75, 3.05) is 55.0 Å². The number of carbonyl (C=O) groups excluding carboxylic acids is 4. The van der Waals surface area contributed by atoms with E-state index in [1.165, 1.54) is 44.8 Å². The minimum absolute atomic E-state index is 0.0963. The number of amides is 1. The van der Waals surface area contributed by atoms with Gasteiger partial charge in [-0.1, -0.05) is 18.2 Å². The van der Waals surface area contributed by atoms with Crippen molar-refractivity contribution in [1.29, 1.82) is 0 Å². The molecule has 3 N–H and O–H groups in total. The van der Waals surface area contributed by atoms with Gasteiger partial charge >= 0.3 is 0 Å². The molecule has 32 heteroatoms.